The lowest BCUT2D eigenvalue weighted by Crippen LogP contribution is -2.46. The zero-order valence-electron chi connectivity index (χ0n) is 16.3. The van der Waals surface area contributed by atoms with E-state index in [0.29, 0.717) is 17.9 Å². The molecular formula is C22H30FNO2. The van der Waals surface area contributed by atoms with Gasteiger partial charge in [-0.3, -0.25) is 4.90 Å². The summed E-state index contributed by atoms with van der Waals surface area (Å²) in [6, 6.07) is 4.59. The van der Waals surface area contributed by atoms with Gasteiger partial charge in [0.25, 0.3) is 0 Å². The van der Waals surface area contributed by atoms with Crippen LogP contribution in [0.25, 0.3) is 0 Å². The van der Waals surface area contributed by atoms with Gasteiger partial charge in [-0.05, 0) is 54.4 Å². The number of piperidine rings is 1. The van der Waals surface area contributed by atoms with Crippen molar-refractivity contribution in [2.45, 2.75) is 39.2 Å². The average molecular weight is 359 g/mol. The lowest BCUT2D eigenvalue weighted by Gasteiger charge is -2.46. The molecule has 4 heteroatoms. The summed E-state index contributed by atoms with van der Waals surface area (Å²) in [6.07, 6.45) is 3.14. The Morgan fingerprint density at radius 1 is 1.23 bits per heavy atom. The van der Waals surface area contributed by atoms with Crippen LogP contribution in [0.4, 0.5) is 4.39 Å². The van der Waals surface area contributed by atoms with Crippen molar-refractivity contribution in [2.24, 2.45) is 17.8 Å². The van der Waals surface area contributed by atoms with E-state index in [-0.39, 0.29) is 5.92 Å². The third kappa shape index (κ3) is 3.83. The summed E-state index contributed by atoms with van der Waals surface area (Å²) in [4.78, 5) is 2.59. The highest BCUT2D eigenvalue weighted by Gasteiger charge is 2.38. The monoisotopic (exact) mass is 359 g/mol. The second-order valence-electron chi connectivity index (χ2n) is 7.85. The van der Waals surface area contributed by atoms with E-state index in [2.05, 4.69) is 42.7 Å². The maximum atomic E-state index is 12.7. The van der Waals surface area contributed by atoms with Crippen molar-refractivity contribution < 1.29 is 13.9 Å². The lowest BCUT2D eigenvalue weighted by molar-refractivity contribution is 0.0649. The number of ether oxygens (including phenoxy) is 2. The first kappa shape index (κ1) is 19.0. The summed E-state index contributed by atoms with van der Waals surface area (Å²) in [5, 5.41) is 0. The van der Waals surface area contributed by atoms with Crippen molar-refractivity contribution in [1.82, 2.24) is 4.90 Å². The quantitative estimate of drug-likeness (QED) is 0.750. The van der Waals surface area contributed by atoms with E-state index in [9.17, 15) is 4.39 Å². The van der Waals surface area contributed by atoms with E-state index in [1.165, 1.54) is 11.1 Å². The van der Waals surface area contributed by atoms with E-state index < -0.39 is 6.67 Å². The molecule has 0 spiro atoms. The molecule has 26 heavy (non-hydrogen) atoms. The van der Waals surface area contributed by atoms with E-state index >= 15 is 0 Å². The largest absolute Gasteiger partial charge is 0.493 e. The summed E-state index contributed by atoms with van der Waals surface area (Å²) in [5.74, 6) is 8.92. The van der Waals surface area contributed by atoms with Crippen LogP contribution >= 0.6 is 0 Å². The summed E-state index contributed by atoms with van der Waals surface area (Å²) in [6.45, 7) is 6.07. The Balaban J connectivity index is 1.92. The normalized spacial score (nSPS) is 25.1. The topological polar surface area (TPSA) is 21.7 Å². The molecule has 2 aliphatic heterocycles. The standard InChI is InChI=1S/C22H30FNO2/c1-15(2)10-18-14-24-9-7-17-12-21(25-3)22(26-4)13-19(17)20(24)11-16(18)6-5-8-23/h12-13,15-16,18,20H,7-11,14H2,1-4H3/t16-,18+,20?/m0/s1. The Bertz CT molecular complexity index is 691. The van der Waals surface area contributed by atoms with Gasteiger partial charge in [-0.15, -0.1) is 0 Å². The third-order valence-corrected chi connectivity index (χ3v) is 5.76. The summed E-state index contributed by atoms with van der Waals surface area (Å²) >= 11 is 0. The number of benzene rings is 1. The number of alkyl halides is 1. The summed E-state index contributed by atoms with van der Waals surface area (Å²) < 4.78 is 23.7. The minimum atomic E-state index is -0.555. The van der Waals surface area contributed by atoms with E-state index in [4.69, 9.17) is 9.47 Å². The smallest absolute Gasteiger partial charge is 0.161 e. The molecule has 0 N–H and O–H groups in total. The highest BCUT2D eigenvalue weighted by atomic mass is 19.1. The van der Waals surface area contributed by atoms with Gasteiger partial charge < -0.3 is 9.47 Å². The molecule has 0 aliphatic carbocycles. The molecule has 2 aliphatic rings. The van der Waals surface area contributed by atoms with Crippen molar-refractivity contribution in [3.63, 3.8) is 0 Å². The Morgan fingerprint density at radius 3 is 2.62 bits per heavy atom. The zero-order valence-corrected chi connectivity index (χ0v) is 16.3. The fraction of sp³-hybridized carbons (Fsp3) is 0.636. The van der Waals surface area contributed by atoms with Gasteiger partial charge in [-0.1, -0.05) is 25.7 Å². The SMILES string of the molecule is COc1cc2c(cc1OC)C1C[C@H](C#CCF)[C@H](CC(C)C)CN1CC2. The first-order valence-electron chi connectivity index (χ1n) is 9.60. The van der Waals surface area contributed by atoms with Gasteiger partial charge in [0.15, 0.2) is 11.5 Å². The molecule has 1 saturated heterocycles. The van der Waals surface area contributed by atoms with Crippen molar-refractivity contribution in [3.8, 4) is 23.3 Å². The third-order valence-electron chi connectivity index (χ3n) is 5.76. The minimum Gasteiger partial charge on any atom is -0.493 e. The molecule has 1 fully saturated rings. The van der Waals surface area contributed by atoms with E-state index in [1.54, 1.807) is 14.2 Å². The number of nitrogens with zero attached hydrogens (tertiary/aromatic N) is 1. The Kier molecular flexibility index (Phi) is 6.09. The molecule has 1 aromatic rings. The fourth-order valence-electron chi connectivity index (χ4n) is 4.63. The fourth-order valence-corrected chi connectivity index (χ4v) is 4.63. The highest BCUT2D eigenvalue weighted by Crippen LogP contribution is 2.45. The van der Waals surface area contributed by atoms with Gasteiger partial charge in [0, 0.05) is 25.0 Å². The molecule has 0 radical (unpaired) electrons. The minimum absolute atomic E-state index is 0.258. The molecule has 0 bridgehead atoms. The molecule has 3 rings (SSSR count). The van der Waals surface area contributed by atoms with Crippen LogP contribution in [0.3, 0.4) is 0 Å². The number of methoxy groups -OCH3 is 2. The Morgan fingerprint density at radius 2 is 1.96 bits per heavy atom. The second-order valence-corrected chi connectivity index (χ2v) is 7.85. The predicted octanol–water partition coefficient (Wildman–Crippen LogP) is 4.26. The molecule has 2 heterocycles. The van der Waals surface area contributed by atoms with Gasteiger partial charge in [-0.25, -0.2) is 4.39 Å². The van der Waals surface area contributed by atoms with Gasteiger partial charge in [0.1, 0.15) is 6.67 Å². The second kappa shape index (κ2) is 8.31. The number of halogens is 1. The number of rotatable bonds is 4. The van der Waals surface area contributed by atoms with Crippen LogP contribution in [0, 0.1) is 29.6 Å². The summed E-state index contributed by atoms with van der Waals surface area (Å²) in [5.41, 5.74) is 2.66. The molecular weight excluding hydrogens is 329 g/mol. The molecule has 0 saturated carbocycles. The molecule has 142 valence electrons. The van der Waals surface area contributed by atoms with Crippen molar-refractivity contribution >= 4 is 0 Å². The van der Waals surface area contributed by atoms with Gasteiger partial charge in [0.2, 0.25) is 0 Å². The van der Waals surface area contributed by atoms with Crippen LogP contribution in [-0.4, -0.2) is 38.9 Å². The van der Waals surface area contributed by atoms with E-state index in [1.807, 2.05) is 0 Å². The number of fused-ring (bicyclic) bond motifs is 3. The van der Waals surface area contributed by atoms with Crippen LogP contribution in [0.15, 0.2) is 12.1 Å². The Hall–Kier alpha value is -1.73. The summed E-state index contributed by atoms with van der Waals surface area (Å²) in [7, 11) is 3.36. The molecule has 0 aromatic heterocycles. The van der Waals surface area contributed by atoms with Gasteiger partial charge in [0.05, 0.1) is 14.2 Å². The van der Waals surface area contributed by atoms with Crippen LogP contribution < -0.4 is 9.47 Å². The van der Waals surface area contributed by atoms with Crippen molar-refractivity contribution in [3.05, 3.63) is 23.3 Å². The first-order chi connectivity index (χ1) is 12.6. The number of hydrogen-bond donors (Lipinski definition) is 0. The van der Waals surface area contributed by atoms with Crippen LogP contribution in [0.1, 0.15) is 43.9 Å². The lowest BCUT2D eigenvalue weighted by atomic mass is 9.74. The van der Waals surface area contributed by atoms with Gasteiger partial charge >= 0.3 is 0 Å². The molecule has 0 amide bonds. The maximum Gasteiger partial charge on any atom is 0.161 e. The maximum absolute atomic E-state index is 12.7. The molecule has 3 atom stereocenters. The highest BCUT2D eigenvalue weighted by molar-refractivity contribution is 5.49. The first-order valence-corrected chi connectivity index (χ1v) is 9.60. The van der Waals surface area contributed by atoms with Gasteiger partial charge in [-0.2, -0.15) is 0 Å². The average Bonchev–Trinajstić information content (AvgIpc) is 2.64. The molecule has 3 nitrogen and oxygen atoms in total. The predicted molar refractivity (Wildman–Crippen MR) is 102 cm³/mol. The van der Waals surface area contributed by atoms with E-state index in [0.717, 1.165) is 43.9 Å². The number of hydrogen-bond acceptors (Lipinski definition) is 3. The Labute approximate surface area is 156 Å². The van der Waals surface area contributed by atoms with Crippen molar-refractivity contribution in [2.75, 3.05) is 34.0 Å². The molecule has 1 aromatic carbocycles. The van der Waals surface area contributed by atoms with Crippen LogP contribution in [0.2, 0.25) is 0 Å². The van der Waals surface area contributed by atoms with Crippen molar-refractivity contribution in [1.29, 1.82) is 0 Å². The van der Waals surface area contributed by atoms with Crippen LogP contribution in [0.5, 0.6) is 11.5 Å². The van der Waals surface area contributed by atoms with Crippen LogP contribution in [-0.2, 0) is 6.42 Å². The zero-order chi connectivity index (χ0) is 18.7. The molecule has 1 unspecified atom stereocenters.